The normalized spacial score (nSPS) is 10.2. The first-order chi connectivity index (χ1) is 12.3. The molecule has 0 aliphatic heterocycles. The summed E-state index contributed by atoms with van der Waals surface area (Å²) < 4.78 is 0. The molecule has 0 saturated heterocycles. The van der Waals surface area contributed by atoms with Gasteiger partial charge in [-0.3, -0.25) is 14.8 Å². The van der Waals surface area contributed by atoms with Crippen LogP contribution in [-0.2, 0) is 4.79 Å². The lowest BCUT2D eigenvalue weighted by Crippen LogP contribution is -1.92. The summed E-state index contributed by atoms with van der Waals surface area (Å²) in [5.74, 6) is 6.24. The van der Waals surface area contributed by atoms with E-state index >= 15 is 0 Å². The van der Waals surface area contributed by atoms with Gasteiger partial charge in [0, 0.05) is 40.0 Å². The van der Waals surface area contributed by atoms with Gasteiger partial charge in [0.1, 0.15) is 0 Å². The van der Waals surface area contributed by atoms with Crippen LogP contribution >= 0.6 is 0 Å². The Hall–Kier alpha value is -3.71. The van der Waals surface area contributed by atoms with Gasteiger partial charge in [-0.25, -0.2) is 0 Å². The number of hydrogen-bond donors (Lipinski definition) is 1. The average molecular weight is 323 g/mol. The largest absolute Gasteiger partial charge is 0.329 e. The Morgan fingerprint density at radius 3 is 2.44 bits per heavy atom. The molecule has 0 aliphatic carbocycles. The second kappa shape index (κ2) is 6.42. The molecule has 25 heavy (non-hydrogen) atoms. The molecule has 0 atom stereocenters. The Balaban J connectivity index is 1.68. The number of aromatic nitrogens is 2. The smallest absolute Gasteiger partial charge is 0.211 e. The van der Waals surface area contributed by atoms with Crippen molar-refractivity contribution in [2.45, 2.75) is 0 Å². The molecule has 2 aromatic carbocycles. The lowest BCUT2D eigenvalue weighted by atomic mass is 10.1. The molecule has 4 heteroatoms. The molecule has 4 nitrogen and oxygen atoms in total. The Kier molecular flexibility index (Phi) is 3.82. The highest BCUT2D eigenvalue weighted by molar-refractivity contribution is 6.02. The van der Waals surface area contributed by atoms with Crippen LogP contribution < -0.4 is 5.32 Å². The monoisotopic (exact) mass is 323 g/mol. The Morgan fingerprint density at radius 2 is 1.60 bits per heavy atom. The third kappa shape index (κ3) is 3.04. The van der Waals surface area contributed by atoms with Crippen molar-refractivity contribution in [2.24, 2.45) is 0 Å². The number of carbonyl (C=O) groups excluding carboxylic acids is 1. The second-order valence-corrected chi connectivity index (χ2v) is 5.53. The highest BCUT2D eigenvalue weighted by Crippen LogP contribution is 2.22. The summed E-state index contributed by atoms with van der Waals surface area (Å²) in [7, 11) is 0. The topological polar surface area (TPSA) is 54.9 Å². The lowest BCUT2D eigenvalue weighted by molar-refractivity contribution is -0.105. The van der Waals surface area contributed by atoms with Crippen LogP contribution in [0.3, 0.4) is 0 Å². The van der Waals surface area contributed by atoms with E-state index in [-0.39, 0.29) is 0 Å². The first-order valence-corrected chi connectivity index (χ1v) is 7.79. The van der Waals surface area contributed by atoms with Crippen molar-refractivity contribution in [3.05, 3.63) is 78.1 Å². The van der Waals surface area contributed by atoms with Crippen LogP contribution in [0, 0.1) is 11.8 Å². The number of carbonyl (C=O) groups is 1. The molecule has 0 aliphatic rings. The van der Waals surface area contributed by atoms with E-state index < -0.39 is 0 Å². The van der Waals surface area contributed by atoms with Crippen LogP contribution in [0.25, 0.3) is 21.8 Å². The predicted octanol–water partition coefficient (Wildman–Crippen LogP) is 3.75. The molecule has 1 amide bonds. The molecule has 0 spiro atoms. The molecule has 118 valence electrons. The fourth-order valence-corrected chi connectivity index (χ4v) is 2.67. The number of hydrogen-bond acceptors (Lipinski definition) is 3. The number of nitrogens with one attached hydrogen (secondary N) is 1. The Morgan fingerprint density at radius 1 is 0.840 bits per heavy atom. The standard InChI is InChI=1S/C21H13N3O/c25-14-24-19-9-5-15(6-10-19)3-4-16-12-18-8-7-17-2-1-11-22-20(17)21(18)23-13-16/h1-2,5-14H,(H,24,25). The molecule has 0 radical (unpaired) electrons. The number of fused-ring (bicyclic) bond motifs is 3. The van der Waals surface area contributed by atoms with E-state index in [0.29, 0.717) is 6.41 Å². The van der Waals surface area contributed by atoms with Crippen LogP contribution in [-0.4, -0.2) is 16.4 Å². The van der Waals surface area contributed by atoms with E-state index in [1.165, 1.54) is 0 Å². The summed E-state index contributed by atoms with van der Waals surface area (Å²) in [6.45, 7) is 0. The molecular formula is C21H13N3O. The summed E-state index contributed by atoms with van der Waals surface area (Å²) in [5.41, 5.74) is 4.24. The minimum Gasteiger partial charge on any atom is -0.329 e. The van der Waals surface area contributed by atoms with Crippen molar-refractivity contribution >= 4 is 33.9 Å². The molecule has 0 fully saturated rings. The van der Waals surface area contributed by atoms with Crippen LogP contribution in [0.15, 0.2) is 67.0 Å². The average Bonchev–Trinajstić information content (AvgIpc) is 2.67. The van der Waals surface area contributed by atoms with Gasteiger partial charge in [-0.05, 0) is 36.4 Å². The van der Waals surface area contributed by atoms with Gasteiger partial charge in [-0.2, -0.15) is 0 Å². The van der Waals surface area contributed by atoms with E-state index in [1.54, 1.807) is 12.4 Å². The number of anilines is 1. The molecule has 0 saturated carbocycles. The summed E-state index contributed by atoms with van der Waals surface area (Å²) in [5, 5.41) is 4.69. The Bertz CT molecular complexity index is 1140. The number of nitrogens with zero attached hydrogens (tertiary/aromatic N) is 2. The third-order valence-electron chi connectivity index (χ3n) is 3.88. The van der Waals surface area contributed by atoms with Crippen molar-refractivity contribution in [3.63, 3.8) is 0 Å². The maximum Gasteiger partial charge on any atom is 0.211 e. The van der Waals surface area contributed by atoms with Crippen molar-refractivity contribution in [1.29, 1.82) is 0 Å². The minimum absolute atomic E-state index is 0.653. The number of pyridine rings is 2. The van der Waals surface area contributed by atoms with Crippen LogP contribution in [0.2, 0.25) is 0 Å². The van der Waals surface area contributed by atoms with Gasteiger partial charge in [0.05, 0.1) is 11.0 Å². The maximum absolute atomic E-state index is 10.4. The SMILES string of the molecule is O=CNc1ccc(C#Cc2cnc3c(ccc4cccnc43)c2)cc1. The first-order valence-electron chi connectivity index (χ1n) is 7.79. The zero-order chi connectivity index (χ0) is 17.1. The van der Waals surface area contributed by atoms with Crippen molar-refractivity contribution < 1.29 is 4.79 Å². The molecule has 0 bridgehead atoms. The minimum atomic E-state index is 0.653. The molecule has 2 aromatic heterocycles. The fourth-order valence-electron chi connectivity index (χ4n) is 2.67. The fraction of sp³-hybridized carbons (Fsp3) is 0. The summed E-state index contributed by atoms with van der Waals surface area (Å²) >= 11 is 0. The van der Waals surface area contributed by atoms with Crippen molar-refractivity contribution in [3.8, 4) is 11.8 Å². The summed E-state index contributed by atoms with van der Waals surface area (Å²) in [6, 6.07) is 17.4. The highest BCUT2D eigenvalue weighted by atomic mass is 16.1. The van der Waals surface area contributed by atoms with Gasteiger partial charge in [0.15, 0.2) is 0 Å². The van der Waals surface area contributed by atoms with Crippen LogP contribution in [0.1, 0.15) is 11.1 Å². The number of amides is 1. The molecule has 0 unspecified atom stereocenters. The van der Waals surface area contributed by atoms with Crippen molar-refractivity contribution in [1.82, 2.24) is 9.97 Å². The quantitative estimate of drug-likeness (QED) is 0.347. The van der Waals surface area contributed by atoms with Crippen molar-refractivity contribution in [2.75, 3.05) is 5.32 Å². The van der Waals surface area contributed by atoms with Gasteiger partial charge >= 0.3 is 0 Å². The summed E-state index contributed by atoms with van der Waals surface area (Å²) in [4.78, 5) is 19.4. The third-order valence-corrected chi connectivity index (χ3v) is 3.88. The van der Waals surface area contributed by atoms with E-state index in [9.17, 15) is 4.79 Å². The summed E-state index contributed by atoms with van der Waals surface area (Å²) in [6.07, 6.45) is 4.20. The molecule has 2 heterocycles. The van der Waals surface area contributed by atoms with Gasteiger partial charge in [-0.15, -0.1) is 0 Å². The molecule has 1 N–H and O–H groups in total. The molecule has 4 rings (SSSR count). The molecular weight excluding hydrogens is 310 g/mol. The number of rotatable bonds is 2. The molecule has 4 aromatic rings. The zero-order valence-corrected chi connectivity index (χ0v) is 13.2. The van der Waals surface area contributed by atoms with E-state index in [4.69, 9.17) is 0 Å². The second-order valence-electron chi connectivity index (χ2n) is 5.53. The van der Waals surface area contributed by atoms with Crippen LogP contribution in [0.4, 0.5) is 5.69 Å². The predicted molar refractivity (Wildman–Crippen MR) is 99.2 cm³/mol. The number of benzene rings is 2. The van der Waals surface area contributed by atoms with E-state index in [0.717, 1.165) is 38.6 Å². The lowest BCUT2D eigenvalue weighted by Gasteiger charge is -2.02. The maximum atomic E-state index is 10.4. The first kappa shape index (κ1) is 14.9. The van der Waals surface area contributed by atoms with E-state index in [2.05, 4.69) is 27.1 Å². The van der Waals surface area contributed by atoms with Gasteiger partial charge in [-0.1, -0.05) is 30.0 Å². The Labute approximate surface area is 144 Å². The van der Waals surface area contributed by atoms with E-state index in [1.807, 2.05) is 54.6 Å². The zero-order valence-electron chi connectivity index (χ0n) is 13.2. The van der Waals surface area contributed by atoms with Crippen LogP contribution in [0.5, 0.6) is 0 Å². The van der Waals surface area contributed by atoms with Gasteiger partial charge in [0.2, 0.25) is 6.41 Å². The van der Waals surface area contributed by atoms with Gasteiger partial charge in [0.25, 0.3) is 0 Å². The highest BCUT2D eigenvalue weighted by Gasteiger charge is 2.03. The van der Waals surface area contributed by atoms with Gasteiger partial charge < -0.3 is 5.32 Å².